The minimum absolute atomic E-state index is 0.0173. The Bertz CT molecular complexity index is 407. The first-order valence-corrected chi connectivity index (χ1v) is 5.28. The number of rotatable bonds is 6. The Labute approximate surface area is 99.2 Å². The highest BCUT2D eigenvalue weighted by Crippen LogP contribution is 2.17. The van der Waals surface area contributed by atoms with Gasteiger partial charge in [0.25, 0.3) is 5.69 Å². The third kappa shape index (κ3) is 4.20. The van der Waals surface area contributed by atoms with E-state index < -0.39 is 4.92 Å². The van der Waals surface area contributed by atoms with Gasteiger partial charge in [-0.3, -0.25) is 14.9 Å². The SMILES string of the molecule is CNCCNC(=O)Cc1ccccc1[N+](=O)[O-]. The number of likely N-dealkylation sites (N-methyl/N-ethyl adjacent to an activating group) is 1. The number of hydrogen-bond donors (Lipinski definition) is 2. The summed E-state index contributed by atoms with van der Waals surface area (Å²) in [7, 11) is 1.79. The highest BCUT2D eigenvalue weighted by Gasteiger charge is 2.14. The Balaban J connectivity index is 2.61. The molecule has 0 aliphatic rings. The predicted octanol–water partition coefficient (Wildman–Crippen LogP) is 0.473. The van der Waals surface area contributed by atoms with Gasteiger partial charge in [-0.2, -0.15) is 0 Å². The van der Waals surface area contributed by atoms with Crippen molar-refractivity contribution in [3.63, 3.8) is 0 Å². The number of nitrogens with zero attached hydrogens (tertiary/aromatic N) is 1. The predicted molar refractivity (Wildman–Crippen MR) is 63.7 cm³/mol. The molecule has 6 heteroatoms. The molecular weight excluding hydrogens is 222 g/mol. The van der Waals surface area contributed by atoms with Gasteiger partial charge in [-0.25, -0.2) is 0 Å². The lowest BCUT2D eigenvalue weighted by Crippen LogP contribution is -2.31. The van der Waals surface area contributed by atoms with E-state index in [4.69, 9.17) is 0 Å². The molecule has 0 heterocycles. The van der Waals surface area contributed by atoms with Crippen LogP contribution in [0.4, 0.5) is 5.69 Å². The summed E-state index contributed by atoms with van der Waals surface area (Å²) in [5.74, 6) is -0.213. The van der Waals surface area contributed by atoms with Gasteiger partial charge in [0.2, 0.25) is 5.91 Å². The quantitative estimate of drug-likeness (QED) is 0.428. The first-order chi connectivity index (χ1) is 8.15. The Hall–Kier alpha value is -1.95. The fourth-order valence-corrected chi connectivity index (χ4v) is 1.40. The summed E-state index contributed by atoms with van der Waals surface area (Å²) in [6.45, 7) is 1.18. The highest BCUT2D eigenvalue weighted by molar-refractivity contribution is 5.79. The minimum atomic E-state index is -0.476. The molecule has 6 nitrogen and oxygen atoms in total. The number of hydrogen-bond acceptors (Lipinski definition) is 4. The first kappa shape index (κ1) is 13.1. The zero-order valence-corrected chi connectivity index (χ0v) is 9.60. The van der Waals surface area contributed by atoms with Crippen LogP contribution in [0.15, 0.2) is 24.3 Å². The zero-order chi connectivity index (χ0) is 12.7. The van der Waals surface area contributed by atoms with Crippen LogP contribution in [0.25, 0.3) is 0 Å². The molecule has 1 aromatic rings. The summed E-state index contributed by atoms with van der Waals surface area (Å²) < 4.78 is 0. The molecule has 1 amide bonds. The van der Waals surface area contributed by atoms with Crippen molar-refractivity contribution in [2.75, 3.05) is 20.1 Å². The van der Waals surface area contributed by atoms with Crippen molar-refractivity contribution in [3.8, 4) is 0 Å². The number of amides is 1. The van der Waals surface area contributed by atoms with E-state index in [2.05, 4.69) is 10.6 Å². The normalized spacial score (nSPS) is 9.94. The van der Waals surface area contributed by atoms with Crippen molar-refractivity contribution < 1.29 is 9.72 Å². The average Bonchev–Trinajstić information content (AvgIpc) is 2.29. The van der Waals surface area contributed by atoms with E-state index in [0.29, 0.717) is 18.7 Å². The van der Waals surface area contributed by atoms with Crippen molar-refractivity contribution in [2.45, 2.75) is 6.42 Å². The van der Waals surface area contributed by atoms with Gasteiger partial charge in [-0.05, 0) is 7.05 Å². The number of nitro groups is 1. The van der Waals surface area contributed by atoms with E-state index in [1.54, 1.807) is 25.2 Å². The molecule has 0 fully saturated rings. The number of benzene rings is 1. The van der Waals surface area contributed by atoms with Crippen molar-refractivity contribution in [3.05, 3.63) is 39.9 Å². The fraction of sp³-hybridized carbons (Fsp3) is 0.364. The molecule has 92 valence electrons. The van der Waals surface area contributed by atoms with E-state index in [0.717, 1.165) is 0 Å². The van der Waals surface area contributed by atoms with E-state index in [1.165, 1.54) is 6.07 Å². The van der Waals surface area contributed by atoms with Gasteiger partial charge in [-0.1, -0.05) is 18.2 Å². The molecule has 0 aliphatic carbocycles. The Morgan fingerprint density at radius 1 is 1.35 bits per heavy atom. The molecule has 17 heavy (non-hydrogen) atoms. The van der Waals surface area contributed by atoms with Crippen LogP contribution in [0, 0.1) is 10.1 Å². The maximum Gasteiger partial charge on any atom is 0.273 e. The zero-order valence-electron chi connectivity index (χ0n) is 9.60. The average molecular weight is 237 g/mol. The Morgan fingerprint density at radius 3 is 2.71 bits per heavy atom. The minimum Gasteiger partial charge on any atom is -0.355 e. The Kier molecular flexibility index (Phi) is 5.09. The summed E-state index contributed by atoms with van der Waals surface area (Å²) in [5, 5.41) is 16.3. The summed E-state index contributed by atoms with van der Waals surface area (Å²) in [6, 6.07) is 6.26. The van der Waals surface area contributed by atoms with Crippen LogP contribution >= 0.6 is 0 Å². The molecule has 0 unspecified atom stereocenters. The van der Waals surface area contributed by atoms with Crippen LogP contribution < -0.4 is 10.6 Å². The smallest absolute Gasteiger partial charge is 0.273 e. The number of carbonyl (C=O) groups excluding carboxylic acids is 1. The second-order valence-corrected chi connectivity index (χ2v) is 3.52. The summed E-state index contributed by atoms with van der Waals surface area (Å²) in [4.78, 5) is 21.8. The van der Waals surface area contributed by atoms with Crippen molar-refractivity contribution in [1.29, 1.82) is 0 Å². The largest absolute Gasteiger partial charge is 0.355 e. The molecule has 0 atom stereocenters. The second-order valence-electron chi connectivity index (χ2n) is 3.52. The number of carbonyl (C=O) groups is 1. The maximum atomic E-state index is 11.5. The van der Waals surface area contributed by atoms with Gasteiger partial charge in [0.15, 0.2) is 0 Å². The van der Waals surface area contributed by atoms with Crippen LogP contribution in [0.1, 0.15) is 5.56 Å². The molecule has 0 aliphatic heterocycles. The number of nitro benzene ring substituents is 1. The lowest BCUT2D eigenvalue weighted by atomic mass is 10.1. The van der Waals surface area contributed by atoms with Gasteiger partial charge >= 0.3 is 0 Å². The second kappa shape index (κ2) is 6.59. The van der Waals surface area contributed by atoms with Gasteiger partial charge in [0.1, 0.15) is 0 Å². The third-order valence-electron chi connectivity index (χ3n) is 2.24. The molecule has 0 bridgehead atoms. The fourth-order valence-electron chi connectivity index (χ4n) is 1.40. The summed E-state index contributed by atoms with van der Waals surface area (Å²) >= 11 is 0. The van der Waals surface area contributed by atoms with Gasteiger partial charge in [0, 0.05) is 24.7 Å². The lowest BCUT2D eigenvalue weighted by molar-refractivity contribution is -0.385. The van der Waals surface area contributed by atoms with E-state index in [9.17, 15) is 14.9 Å². The molecule has 0 aromatic heterocycles. The van der Waals surface area contributed by atoms with E-state index in [1.807, 2.05) is 0 Å². The van der Waals surface area contributed by atoms with Crippen LogP contribution in [-0.2, 0) is 11.2 Å². The molecule has 0 radical (unpaired) electrons. The lowest BCUT2D eigenvalue weighted by Gasteiger charge is -2.05. The summed E-state index contributed by atoms with van der Waals surface area (Å²) in [5.41, 5.74) is 0.413. The van der Waals surface area contributed by atoms with Gasteiger partial charge < -0.3 is 10.6 Å². The van der Waals surface area contributed by atoms with Crippen molar-refractivity contribution >= 4 is 11.6 Å². The number of para-hydroxylation sites is 1. The Morgan fingerprint density at radius 2 is 2.06 bits per heavy atom. The molecule has 0 spiro atoms. The maximum absolute atomic E-state index is 11.5. The topological polar surface area (TPSA) is 84.3 Å². The molecule has 2 N–H and O–H groups in total. The number of nitrogens with one attached hydrogen (secondary N) is 2. The first-order valence-electron chi connectivity index (χ1n) is 5.28. The van der Waals surface area contributed by atoms with Gasteiger partial charge in [0.05, 0.1) is 11.3 Å². The standard InChI is InChI=1S/C11H15N3O3/c1-12-6-7-13-11(15)8-9-4-2-3-5-10(9)14(16)17/h2-5,12H,6-8H2,1H3,(H,13,15). The third-order valence-corrected chi connectivity index (χ3v) is 2.24. The van der Waals surface area contributed by atoms with Crippen LogP contribution in [-0.4, -0.2) is 31.0 Å². The van der Waals surface area contributed by atoms with E-state index in [-0.39, 0.29) is 18.0 Å². The molecule has 0 saturated heterocycles. The monoisotopic (exact) mass is 237 g/mol. The molecule has 1 rings (SSSR count). The van der Waals surface area contributed by atoms with E-state index >= 15 is 0 Å². The highest BCUT2D eigenvalue weighted by atomic mass is 16.6. The summed E-state index contributed by atoms with van der Waals surface area (Å²) in [6.07, 6.45) is 0.0286. The van der Waals surface area contributed by atoms with Crippen LogP contribution in [0.5, 0.6) is 0 Å². The van der Waals surface area contributed by atoms with Crippen molar-refractivity contribution in [1.82, 2.24) is 10.6 Å². The van der Waals surface area contributed by atoms with Crippen molar-refractivity contribution in [2.24, 2.45) is 0 Å². The molecule has 0 saturated carbocycles. The van der Waals surface area contributed by atoms with Crippen LogP contribution in [0.3, 0.4) is 0 Å². The van der Waals surface area contributed by atoms with Crippen LogP contribution in [0.2, 0.25) is 0 Å². The molecular formula is C11H15N3O3. The molecule has 1 aromatic carbocycles. The van der Waals surface area contributed by atoms with Gasteiger partial charge in [-0.15, -0.1) is 0 Å².